The Labute approximate surface area is 89.2 Å². The van der Waals surface area contributed by atoms with Gasteiger partial charge in [-0.2, -0.15) is 0 Å². The van der Waals surface area contributed by atoms with Gasteiger partial charge in [0.25, 0.3) is 5.89 Å². The second kappa shape index (κ2) is 4.11. The highest BCUT2D eigenvalue weighted by molar-refractivity contribution is 5.45. The fourth-order valence-corrected chi connectivity index (χ4v) is 1.12. The highest BCUT2D eigenvalue weighted by atomic mass is 16.6. The molecule has 2 rings (SSSR count). The summed E-state index contributed by atoms with van der Waals surface area (Å²) in [6.45, 7) is 0.389. The van der Waals surface area contributed by atoms with Gasteiger partial charge in [0, 0.05) is 13.0 Å². The van der Waals surface area contributed by atoms with Gasteiger partial charge in [0.05, 0.1) is 6.07 Å². The standard InChI is InChI=1S/C8H8N4O4/c9-4-3-6-10-11-8(16-6)5-1-2-7(15-5)12(13)14/h1-2H,3-4,9H2. The van der Waals surface area contributed by atoms with E-state index in [1.165, 1.54) is 12.1 Å². The maximum absolute atomic E-state index is 10.4. The fourth-order valence-electron chi connectivity index (χ4n) is 1.12. The predicted molar refractivity (Wildman–Crippen MR) is 51.4 cm³/mol. The van der Waals surface area contributed by atoms with Gasteiger partial charge in [-0.25, -0.2) is 0 Å². The molecule has 0 aliphatic rings. The zero-order valence-electron chi connectivity index (χ0n) is 8.12. The first-order valence-corrected chi connectivity index (χ1v) is 4.47. The number of hydrogen-bond acceptors (Lipinski definition) is 7. The van der Waals surface area contributed by atoms with Crippen LogP contribution >= 0.6 is 0 Å². The van der Waals surface area contributed by atoms with Crippen molar-refractivity contribution in [3.05, 3.63) is 28.1 Å². The van der Waals surface area contributed by atoms with Crippen LogP contribution < -0.4 is 5.73 Å². The molecule has 16 heavy (non-hydrogen) atoms. The molecule has 8 heteroatoms. The normalized spacial score (nSPS) is 10.6. The molecule has 0 radical (unpaired) electrons. The summed E-state index contributed by atoms with van der Waals surface area (Å²) in [6.07, 6.45) is 0.454. The van der Waals surface area contributed by atoms with Crippen LogP contribution in [0.2, 0.25) is 0 Å². The van der Waals surface area contributed by atoms with Crippen molar-refractivity contribution < 1.29 is 13.8 Å². The number of rotatable bonds is 4. The van der Waals surface area contributed by atoms with Crippen molar-refractivity contribution in [2.24, 2.45) is 5.73 Å². The summed E-state index contributed by atoms with van der Waals surface area (Å²) >= 11 is 0. The molecule has 0 aliphatic carbocycles. The van der Waals surface area contributed by atoms with Crippen molar-refractivity contribution in [2.45, 2.75) is 6.42 Å². The first kappa shape index (κ1) is 10.3. The lowest BCUT2D eigenvalue weighted by Gasteiger charge is -1.87. The van der Waals surface area contributed by atoms with Crippen LogP contribution in [-0.4, -0.2) is 21.7 Å². The SMILES string of the molecule is NCCc1nnc(-c2ccc([N+](=O)[O-])o2)o1. The summed E-state index contributed by atoms with van der Waals surface area (Å²) in [4.78, 5) is 9.74. The summed E-state index contributed by atoms with van der Waals surface area (Å²) in [5.41, 5.74) is 5.31. The molecule has 2 N–H and O–H groups in total. The lowest BCUT2D eigenvalue weighted by atomic mass is 10.4. The Hall–Kier alpha value is -2.22. The van der Waals surface area contributed by atoms with Crippen LogP contribution in [0.15, 0.2) is 21.0 Å². The zero-order valence-corrected chi connectivity index (χ0v) is 8.12. The summed E-state index contributed by atoms with van der Waals surface area (Å²) in [7, 11) is 0. The minimum atomic E-state index is -0.638. The van der Waals surface area contributed by atoms with Gasteiger partial charge in [-0.1, -0.05) is 0 Å². The van der Waals surface area contributed by atoms with Crippen LogP contribution in [0.4, 0.5) is 5.88 Å². The lowest BCUT2D eigenvalue weighted by molar-refractivity contribution is -0.401. The van der Waals surface area contributed by atoms with Gasteiger partial charge in [-0.15, -0.1) is 10.2 Å². The first-order valence-electron chi connectivity index (χ1n) is 4.47. The van der Waals surface area contributed by atoms with E-state index < -0.39 is 4.92 Å². The Morgan fingerprint density at radius 1 is 1.38 bits per heavy atom. The highest BCUT2D eigenvalue weighted by Crippen LogP contribution is 2.24. The number of nitro groups is 1. The van der Waals surface area contributed by atoms with Crippen molar-refractivity contribution in [1.29, 1.82) is 0 Å². The third-order valence-corrected chi connectivity index (χ3v) is 1.81. The molecule has 0 atom stereocenters. The summed E-state index contributed by atoms with van der Waals surface area (Å²) in [5.74, 6) is 0.282. The topological polar surface area (TPSA) is 121 Å². The van der Waals surface area contributed by atoms with E-state index in [2.05, 4.69) is 10.2 Å². The number of hydrogen-bond donors (Lipinski definition) is 1. The van der Waals surface area contributed by atoms with Crippen molar-refractivity contribution in [2.75, 3.05) is 6.54 Å². The van der Waals surface area contributed by atoms with E-state index in [0.717, 1.165) is 0 Å². The Bertz CT molecular complexity index is 504. The smallest absolute Gasteiger partial charge is 0.418 e. The van der Waals surface area contributed by atoms with Crippen LogP contribution in [0.25, 0.3) is 11.7 Å². The Morgan fingerprint density at radius 3 is 2.81 bits per heavy atom. The van der Waals surface area contributed by atoms with Crippen LogP contribution in [0, 0.1) is 10.1 Å². The van der Waals surface area contributed by atoms with Crippen molar-refractivity contribution in [3.8, 4) is 11.7 Å². The van der Waals surface area contributed by atoms with Gasteiger partial charge in [-0.3, -0.25) is 10.1 Å². The molecule has 8 nitrogen and oxygen atoms in total. The molecular formula is C8H8N4O4. The van der Waals surface area contributed by atoms with Gasteiger partial charge in [-0.05, 0) is 6.07 Å². The van der Waals surface area contributed by atoms with E-state index in [0.29, 0.717) is 18.9 Å². The molecular weight excluding hydrogens is 216 g/mol. The molecule has 0 unspecified atom stereocenters. The average molecular weight is 224 g/mol. The molecule has 0 aromatic carbocycles. The van der Waals surface area contributed by atoms with E-state index in [1.54, 1.807) is 0 Å². The summed E-state index contributed by atoms with van der Waals surface area (Å²) in [6, 6.07) is 2.63. The Balaban J connectivity index is 2.24. The second-order valence-corrected chi connectivity index (χ2v) is 2.93. The molecule has 0 amide bonds. The molecule has 0 fully saturated rings. The average Bonchev–Trinajstić information content (AvgIpc) is 2.84. The van der Waals surface area contributed by atoms with Crippen molar-refractivity contribution >= 4 is 5.88 Å². The van der Waals surface area contributed by atoms with Gasteiger partial charge in [0.15, 0.2) is 5.76 Å². The van der Waals surface area contributed by atoms with Crippen LogP contribution in [0.3, 0.4) is 0 Å². The summed E-state index contributed by atoms with van der Waals surface area (Å²) in [5, 5.41) is 17.8. The largest absolute Gasteiger partial charge is 0.433 e. The molecule has 2 aromatic rings. The van der Waals surface area contributed by atoms with Gasteiger partial charge in [0.1, 0.15) is 4.92 Å². The molecule has 0 spiro atoms. The van der Waals surface area contributed by atoms with E-state index in [-0.39, 0.29) is 17.5 Å². The fraction of sp³-hybridized carbons (Fsp3) is 0.250. The van der Waals surface area contributed by atoms with Crippen molar-refractivity contribution in [1.82, 2.24) is 10.2 Å². The van der Waals surface area contributed by atoms with Crippen molar-refractivity contribution in [3.63, 3.8) is 0 Å². The van der Waals surface area contributed by atoms with Gasteiger partial charge in [0.2, 0.25) is 5.89 Å². The highest BCUT2D eigenvalue weighted by Gasteiger charge is 2.17. The predicted octanol–water partition coefficient (Wildman–Crippen LogP) is 0.739. The maximum Gasteiger partial charge on any atom is 0.433 e. The number of aromatic nitrogens is 2. The minimum absolute atomic E-state index is 0.108. The number of nitrogens with zero attached hydrogens (tertiary/aromatic N) is 3. The second-order valence-electron chi connectivity index (χ2n) is 2.93. The zero-order chi connectivity index (χ0) is 11.5. The lowest BCUT2D eigenvalue weighted by Crippen LogP contribution is -2.02. The molecule has 84 valence electrons. The molecule has 0 bridgehead atoms. The summed E-state index contributed by atoms with van der Waals surface area (Å²) < 4.78 is 10.1. The van der Waals surface area contributed by atoms with Crippen LogP contribution in [0.5, 0.6) is 0 Å². The molecule has 2 aromatic heterocycles. The Kier molecular flexibility index (Phi) is 2.64. The molecule has 0 saturated carbocycles. The Morgan fingerprint density at radius 2 is 2.19 bits per heavy atom. The quantitative estimate of drug-likeness (QED) is 0.600. The minimum Gasteiger partial charge on any atom is -0.418 e. The van der Waals surface area contributed by atoms with E-state index in [9.17, 15) is 10.1 Å². The molecule has 0 saturated heterocycles. The maximum atomic E-state index is 10.4. The first-order chi connectivity index (χ1) is 7.70. The van der Waals surface area contributed by atoms with E-state index in [4.69, 9.17) is 14.6 Å². The van der Waals surface area contributed by atoms with Gasteiger partial charge >= 0.3 is 5.88 Å². The van der Waals surface area contributed by atoms with E-state index in [1.807, 2.05) is 0 Å². The van der Waals surface area contributed by atoms with Crippen LogP contribution in [0.1, 0.15) is 5.89 Å². The van der Waals surface area contributed by atoms with E-state index >= 15 is 0 Å². The monoisotopic (exact) mass is 224 g/mol. The third kappa shape index (κ3) is 1.91. The third-order valence-electron chi connectivity index (χ3n) is 1.81. The van der Waals surface area contributed by atoms with Crippen LogP contribution in [-0.2, 0) is 6.42 Å². The molecule has 0 aliphatic heterocycles. The number of nitrogens with two attached hydrogens (primary N) is 1. The molecule has 2 heterocycles. The van der Waals surface area contributed by atoms with Gasteiger partial charge < -0.3 is 14.6 Å². The number of furan rings is 1.